The van der Waals surface area contributed by atoms with Gasteiger partial charge in [-0.2, -0.15) is 4.98 Å². The average Bonchev–Trinajstić information content (AvgIpc) is 2.88. The van der Waals surface area contributed by atoms with Gasteiger partial charge in [0.15, 0.2) is 0 Å². The molecule has 0 amide bonds. The van der Waals surface area contributed by atoms with Crippen molar-refractivity contribution in [2.45, 2.75) is 11.3 Å². The van der Waals surface area contributed by atoms with Crippen LogP contribution in [0.1, 0.15) is 11.7 Å². The van der Waals surface area contributed by atoms with Gasteiger partial charge in [-0.05, 0) is 12.1 Å². The molecule has 2 aromatic heterocycles. The lowest BCUT2D eigenvalue weighted by Crippen LogP contribution is -2.03. The van der Waals surface area contributed by atoms with Gasteiger partial charge in [0.05, 0.1) is 6.10 Å². The summed E-state index contributed by atoms with van der Waals surface area (Å²) in [6, 6.07) is 7.94. The van der Waals surface area contributed by atoms with Crippen LogP contribution < -0.4 is 0 Å². The molecule has 0 radical (unpaired) electrons. The summed E-state index contributed by atoms with van der Waals surface area (Å²) in [6.45, 7) is 0. The Morgan fingerprint density at radius 2 is 2.15 bits per heavy atom. The fraction of sp³-hybridized carbons (Fsp3) is 0.154. The normalized spacial score (nSPS) is 12.7. The molecular formula is C13H11FN4OS. The number of aliphatic hydroxyl groups is 1. The Morgan fingerprint density at radius 3 is 2.95 bits per heavy atom. The number of fused-ring (bicyclic) bond motifs is 1. The third kappa shape index (κ3) is 2.63. The third-order valence-corrected chi connectivity index (χ3v) is 3.65. The van der Waals surface area contributed by atoms with Crippen LogP contribution in [-0.4, -0.2) is 30.4 Å². The number of nitrogens with zero attached hydrogens (tertiary/aromatic N) is 4. The van der Waals surface area contributed by atoms with Crippen molar-refractivity contribution in [2.24, 2.45) is 0 Å². The molecule has 0 aliphatic heterocycles. The number of rotatable bonds is 4. The van der Waals surface area contributed by atoms with Gasteiger partial charge in [-0.15, -0.1) is 5.10 Å². The molecule has 20 heavy (non-hydrogen) atoms. The van der Waals surface area contributed by atoms with Crippen LogP contribution in [-0.2, 0) is 0 Å². The van der Waals surface area contributed by atoms with Crippen molar-refractivity contribution in [3.63, 3.8) is 0 Å². The van der Waals surface area contributed by atoms with E-state index in [1.165, 1.54) is 17.8 Å². The van der Waals surface area contributed by atoms with Crippen molar-refractivity contribution in [1.82, 2.24) is 19.6 Å². The first-order valence-corrected chi connectivity index (χ1v) is 6.95. The molecule has 5 nitrogen and oxygen atoms in total. The van der Waals surface area contributed by atoms with Crippen molar-refractivity contribution >= 4 is 17.5 Å². The fourth-order valence-corrected chi connectivity index (χ4v) is 2.54. The molecule has 0 unspecified atom stereocenters. The Balaban J connectivity index is 1.71. The average molecular weight is 290 g/mol. The second-order valence-corrected chi connectivity index (χ2v) is 5.09. The monoisotopic (exact) mass is 290 g/mol. The van der Waals surface area contributed by atoms with E-state index in [-0.39, 0.29) is 11.3 Å². The molecule has 102 valence electrons. The maximum atomic E-state index is 13.5. The lowest BCUT2D eigenvalue weighted by Gasteiger charge is -2.09. The summed E-state index contributed by atoms with van der Waals surface area (Å²) in [5.74, 6) is 0.360. The number of halogens is 1. The number of hydrogen-bond acceptors (Lipinski definition) is 5. The lowest BCUT2D eigenvalue weighted by atomic mass is 10.1. The molecule has 3 rings (SSSR count). The molecule has 0 saturated heterocycles. The van der Waals surface area contributed by atoms with Gasteiger partial charge in [0.2, 0.25) is 5.16 Å². The van der Waals surface area contributed by atoms with Gasteiger partial charge in [-0.1, -0.05) is 30.0 Å². The van der Waals surface area contributed by atoms with Crippen LogP contribution in [0.3, 0.4) is 0 Å². The van der Waals surface area contributed by atoms with E-state index in [0.717, 1.165) is 0 Å². The SMILES string of the molecule is O[C@@H](CSc1nc2ncccn2n1)c1ccccc1F. The second-order valence-electron chi connectivity index (χ2n) is 4.11. The maximum Gasteiger partial charge on any atom is 0.253 e. The standard InChI is InChI=1S/C13H11FN4OS/c14-10-5-2-1-4-9(10)11(19)8-20-13-16-12-15-6-3-7-18(12)17-13/h1-7,11,19H,8H2/t11-/m0/s1. The molecule has 1 N–H and O–H groups in total. The van der Waals surface area contributed by atoms with E-state index in [2.05, 4.69) is 15.1 Å². The third-order valence-electron chi connectivity index (χ3n) is 2.73. The molecule has 0 fully saturated rings. The van der Waals surface area contributed by atoms with Crippen LogP contribution in [0.4, 0.5) is 4.39 Å². The molecule has 0 spiro atoms. The van der Waals surface area contributed by atoms with Crippen molar-refractivity contribution in [2.75, 3.05) is 5.75 Å². The van der Waals surface area contributed by atoms with Crippen LogP contribution in [0, 0.1) is 5.82 Å². The zero-order valence-corrected chi connectivity index (χ0v) is 11.2. The highest BCUT2D eigenvalue weighted by Crippen LogP contribution is 2.24. The maximum absolute atomic E-state index is 13.5. The van der Waals surface area contributed by atoms with E-state index in [1.807, 2.05) is 0 Å². The Kier molecular flexibility index (Phi) is 3.62. The zero-order valence-electron chi connectivity index (χ0n) is 10.3. The van der Waals surface area contributed by atoms with Crippen molar-refractivity contribution in [3.8, 4) is 0 Å². The summed E-state index contributed by atoms with van der Waals surface area (Å²) in [7, 11) is 0. The van der Waals surface area contributed by atoms with Gasteiger partial charge in [0.25, 0.3) is 5.78 Å². The summed E-state index contributed by atoms with van der Waals surface area (Å²) >= 11 is 1.26. The summed E-state index contributed by atoms with van der Waals surface area (Å²) in [5.41, 5.74) is 0.280. The van der Waals surface area contributed by atoms with Crippen LogP contribution in [0.5, 0.6) is 0 Å². The minimum Gasteiger partial charge on any atom is -0.387 e. The summed E-state index contributed by atoms with van der Waals surface area (Å²) in [5, 5.41) is 14.7. The van der Waals surface area contributed by atoms with E-state index in [4.69, 9.17) is 0 Å². The molecule has 0 aliphatic rings. The smallest absolute Gasteiger partial charge is 0.253 e. The molecule has 0 aliphatic carbocycles. The van der Waals surface area contributed by atoms with Crippen molar-refractivity contribution < 1.29 is 9.50 Å². The lowest BCUT2D eigenvalue weighted by molar-refractivity contribution is 0.199. The molecule has 1 atom stereocenters. The zero-order chi connectivity index (χ0) is 13.9. The van der Waals surface area contributed by atoms with Gasteiger partial charge in [0.1, 0.15) is 5.82 Å². The van der Waals surface area contributed by atoms with Crippen LogP contribution in [0.15, 0.2) is 47.9 Å². The Morgan fingerprint density at radius 1 is 1.30 bits per heavy atom. The first-order valence-electron chi connectivity index (χ1n) is 5.97. The molecule has 3 aromatic rings. The molecule has 7 heteroatoms. The molecule has 2 heterocycles. The number of hydrogen-bond donors (Lipinski definition) is 1. The molecule has 0 saturated carbocycles. The van der Waals surface area contributed by atoms with E-state index in [9.17, 15) is 9.50 Å². The Hall–Kier alpha value is -1.99. The highest BCUT2D eigenvalue weighted by Gasteiger charge is 2.14. The van der Waals surface area contributed by atoms with E-state index < -0.39 is 11.9 Å². The summed E-state index contributed by atoms with van der Waals surface area (Å²) in [4.78, 5) is 8.25. The number of aromatic nitrogens is 4. The highest BCUT2D eigenvalue weighted by molar-refractivity contribution is 7.99. The number of benzene rings is 1. The van der Waals surface area contributed by atoms with Crippen LogP contribution in [0.2, 0.25) is 0 Å². The van der Waals surface area contributed by atoms with Crippen molar-refractivity contribution in [3.05, 3.63) is 54.1 Å². The summed E-state index contributed by atoms with van der Waals surface area (Å²) in [6.07, 6.45) is 2.47. The number of thioether (sulfide) groups is 1. The predicted molar refractivity (Wildman–Crippen MR) is 72.9 cm³/mol. The molecule has 0 bridgehead atoms. The van der Waals surface area contributed by atoms with Gasteiger partial charge in [-0.25, -0.2) is 13.9 Å². The highest BCUT2D eigenvalue weighted by atomic mass is 32.2. The topological polar surface area (TPSA) is 63.3 Å². The molecule has 1 aromatic carbocycles. The first-order chi connectivity index (χ1) is 9.74. The van der Waals surface area contributed by atoms with Crippen molar-refractivity contribution in [1.29, 1.82) is 0 Å². The minimum absolute atomic E-state index is 0.276. The van der Waals surface area contributed by atoms with Gasteiger partial charge >= 0.3 is 0 Å². The van der Waals surface area contributed by atoms with Crippen LogP contribution in [0.25, 0.3) is 5.78 Å². The fourth-order valence-electron chi connectivity index (χ4n) is 1.76. The second kappa shape index (κ2) is 5.56. The van der Waals surface area contributed by atoms with E-state index in [0.29, 0.717) is 10.9 Å². The first kappa shape index (κ1) is 13.0. The van der Waals surface area contributed by atoms with E-state index >= 15 is 0 Å². The van der Waals surface area contributed by atoms with Crippen LogP contribution >= 0.6 is 11.8 Å². The summed E-state index contributed by atoms with van der Waals surface area (Å²) < 4.78 is 15.1. The van der Waals surface area contributed by atoms with E-state index in [1.54, 1.807) is 41.2 Å². The quantitative estimate of drug-likeness (QED) is 0.745. The van der Waals surface area contributed by atoms with Gasteiger partial charge in [-0.3, -0.25) is 0 Å². The van der Waals surface area contributed by atoms with Gasteiger partial charge < -0.3 is 5.11 Å². The van der Waals surface area contributed by atoms with Gasteiger partial charge in [0, 0.05) is 23.7 Å². The molecular weight excluding hydrogens is 279 g/mol. The number of aliphatic hydroxyl groups excluding tert-OH is 1. The Labute approximate surface area is 118 Å². The minimum atomic E-state index is -0.902. The Bertz CT molecular complexity index is 700. The largest absolute Gasteiger partial charge is 0.387 e. The predicted octanol–water partition coefficient (Wildman–Crippen LogP) is 2.09.